The summed E-state index contributed by atoms with van der Waals surface area (Å²) >= 11 is 0. The van der Waals surface area contributed by atoms with Gasteiger partial charge in [0.2, 0.25) is 0 Å². The van der Waals surface area contributed by atoms with Gasteiger partial charge in [0.05, 0.1) is 11.9 Å². The minimum absolute atomic E-state index is 0.244. The number of aromatic carboxylic acids is 1. The van der Waals surface area contributed by atoms with E-state index in [0.717, 1.165) is 24.5 Å². The molecule has 2 aromatic heterocycles. The number of anilines is 1. The smallest absolute Gasteiger partial charge is 0.420 e. The van der Waals surface area contributed by atoms with E-state index >= 15 is 0 Å². The average molecular weight is 272 g/mol. The number of nitrogens with zero attached hydrogens (tertiary/aromatic N) is 3. The van der Waals surface area contributed by atoms with Gasteiger partial charge in [0.25, 0.3) is 0 Å². The number of hydrogen-bond acceptors (Lipinski definition) is 4. The molecular formula is C10H7F3N4O2. The first-order valence-electron chi connectivity index (χ1n) is 4.91. The summed E-state index contributed by atoms with van der Waals surface area (Å²) in [7, 11) is 0. The summed E-state index contributed by atoms with van der Waals surface area (Å²) in [6, 6.07) is 1.94. The second kappa shape index (κ2) is 4.26. The van der Waals surface area contributed by atoms with Crippen LogP contribution in [-0.2, 0) is 6.18 Å². The molecule has 0 radical (unpaired) electrons. The molecule has 0 amide bonds. The van der Waals surface area contributed by atoms with E-state index < -0.39 is 29.2 Å². The summed E-state index contributed by atoms with van der Waals surface area (Å²) in [5.74, 6) is -1.96. The number of halogens is 3. The monoisotopic (exact) mass is 272 g/mol. The third kappa shape index (κ3) is 2.34. The molecule has 0 atom stereocenters. The zero-order valence-corrected chi connectivity index (χ0v) is 9.22. The maximum atomic E-state index is 12.8. The quantitative estimate of drug-likeness (QED) is 0.865. The summed E-state index contributed by atoms with van der Waals surface area (Å²) in [6.45, 7) is 0. The zero-order valence-electron chi connectivity index (χ0n) is 9.22. The second-order valence-corrected chi connectivity index (χ2v) is 3.56. The highest BCUT2D eigenvalue weighted by atomic mass is 19.4. The number of nitrogen functional groups attached to an aromatic ring is 1. The van der Waals surface area contributed by atoms with Gasteiger partial charge < -0.3 is 10.8 Å². The van der Waals surface area contributed by atoms with Gasteiger partial charge in [-0.2, -0.15) is 18.3 Å². The van der Waals surface area contributed by atoms with E-state index in [1.54, 1.807) is 0 Å². The fourth-order valence-electron chi connectivity index (χ4n) is 1.46. The van der Waals surface area contributed by atoms with Crippen LogP contribution < -0.4 is 5.73 Å². The second-order valence-electron chi connectivity index (χ2n) is 3.56. The molecule has 100 valence electrons. The molecule has 0 saturated carbocycles. The first-order valence-corrected chi connectivity index (χ1v) is 4.91. The molecule has 0 aliphatic rings. The van der Waals surface area contributed by atoms with E-state index in [9.17, 15) is 18.0 Å². The SMILES string of the molecule is Nc1cn(-c2ncccc2C(F)(F)F)nc1C(=O)O. The van der Waals surface area contributed by atoms with Crippen molar-refractivity contribution in [1.29, 1.82) is 0 Å². The Labute approximate surface area is 104 Å². The maximum Gasteiger partial charge on any atom is 0.420 e. The van der Waals surface area contributed by atoms with Crippen molar-refractivity contribution in [2.24, 2.45) is 0 Å². The minimum Gasteiger partial charge on any atom is -0.476 e. The number of pyridine rings is 1. The lowest BCUT2D eigenvalue weighted by Gasteiger charge is -2.10. The first-order chi connectivity index (χ1) is 8.80. The van der Waals surface area contributed by atoms with Gasteiger partial charge in [-0.1, -0.05) is 0 Å². The van der Waals surface area contributed by atoms with Crippen molar-refractivity contribution in [3.63, 3.8) is 0 Å². The Morgan fingerprint density at radius 1 is 1.42 bits per heavy atom. The van der Waals surface area contributed by atoms with Crippen LogP contribution in [0.25, 0.3) is 5.82 Å². The first kappa shape index (κ1) is 12.9. The van der Waals surface area contributed by atoms with Crippen LogP contribution in [0.1, 0.15) is 16.1 Å². The molecule has 2 aromatic rings. The lowest BCUT2D eigenvalue weighted by molar-refractivity contribution is -0.137. The zero-order chi connectivity index (χ0) is 14.2. The number of carbonyl (C=O) groups is 1. The average Bonchev–Trinajstić information content (AvgIpc) is 2.70. The number of carboxylic acids is 1. The molecule has 0 fully saturated rings. The normalized spacial score (nSPS) is 11.5. The van der Waals surface area contributed by atoms with Crippen molar-refractivity contribution in [2.75, 3.05) is 5.73 Å². The molecule has 0 aliphatic heterocycles. The number of nitrogens with two attached hydrogens (primary N) is 1. The molecule has 6 nitrogen and oxygen atoms in total. The molecule has 0 bridgehead atoms. The van der Waals surface area contributed by atoms with Crippen LogP contribution >= 0.6 is 0 Å². The molecule has 0 aliphatic carbocycles. The van der Waals surface area contributed by atoms with E-state index in [1.165, 1.54) is 0 Å². The van der Waals surface area contributed by atoms with Gasteiger partial charge in [-0.3, -0.25) is 0 Å². The third-order valence-electron chi connectivity index (χ3n) is 2.25. The van der Waals surface area contributed by atoms with Crippen molar-refractivity contribution in [2.45, 2.75) is 6.18 Å². The van der Waals surface area contributed by atoms with Crippen molar-refractivity contribution in [3.05, 3.63) is 35.8 Å². The van der Waals surface area contributed by atoms with Gasteiger partial charge in [-0.25, -0.2) is 14.5 Å². The summed E-state index contributed by atoms with van der Waals surface area (Å²) in [4.78, 5) is 14.3. The standard InChI is InChI=1S/C10H7F3N4O2/c11-10(12,13)5-2-1-3-15-8(5)17-4-6(14)7(16-17)9(18)19/h1-4H,14H2,(H,18,19). The Balaban J connectivity index is 2.60. The molecule has 0 spiro atoms. The molecule has 9 heteroatoms. The molecule has 0 aromatic carbocycles. The summed E-state index contributed by atoms with van der Waals surface area (Å²) in [5.41, 5.74) is 3.56. The third-order valence-corrected chi connectivity index (χ3v) is 2.25. The van der Waals surface area contributed by atoms with Crippen molar-refractivity contribution in [1.82, 2.24) is 14.8 Å². The van der Waals surface area contributed by atoms with E-state index in [1.807, 2.05) is 0 Å². The largest absolute Gasteiger partial charge is 0.476 e. The number of carboxylic acid groups (broad SMARTS) is 1. The van der Waals surface area contributed by atoms with Crippen LogP contribution in [0.15, 0.2) is 24.5 Å². The lowest BCUT2D eigenvalue weighted by Crippen LogP contribution is -2.13. The molecule has 0 unspecified atom stereocenters. The highest BCUT2D eigenvalue weighted by Gasteiger charge is 2.35. The predicted molar refractivity (Wildman–Crippen MR) is 57.7 cm³/mol. The van der Waals surface area contributed by atoms with E-state index in [0.29, 0.717) is 4.68 Å². The highest BCUT2D eigenvalue weighted by Crippen LogP contribution is 2.32. The van der Waals surface area contributed by atoms with Gasteiger partial charge in [-0.15, -0.1) is 0 Å². The number of hydrogen-bond donors (Lipinski definition) is 2. The lowest BCUT2D eigenvalue weighted by atomic mass is 10.2. The van der Waals surface area contributed by atoms with Crippen LogP contribution in [0.5, 0.6) is 0 Å². The van der Waals surface area contributed by atoms with Gasteiger partial charge in [-0.05, 0) is 12.1 Å². The Morgan fingerprint density at radius 3 is 2.63 bits per heavy atom. The van der Waals surface area contributed by atoms with Crippen molar-refractivity contribution in [3.8, 4) is 5.82 Å². The van der Waals surface area contributed by atoms with E-state index in [4.69, 9.17) is 10.8 Å². The Bertz CT molecular complexity index is 636. The topological polar surface area (TPSA) is 94.0 Å². The molecular weight excluding hydrogens is 265 g/mol. The van der Waals surface area contributed by atoms with Crippen LogP contribution in [0.3, 0.4) is 0 Å². The van der Waals surface area contributed by atoms with E-state index in [-0.39, 0.29) is 5.69 Å². The molecule has 19 heavy (non-hydrogen) atoms. The highest BCUT2D eigenvalue weighted by molar-refractivity contribution is 5.91. The van der Waals surface area contributed by atoms with Crippen LogP contribution in [0.4, 0.5) is 18.9 Å². The van der Waals surface area contributed by atoms with Crippen LogP contribution in [0.2, 0.25) is 0 Å². The Hall–Kier alpha value is -2.58. The van der Waals surface area contributed by atoms with Crippen LogP contribution in [-0.4, -0.2) is 25.8 Å². The fourth-order valence-corrected chi connectivity index (χ4v) is 1.46. The summed E-state index contributed by atoms with van der Waals surface area (Å²) in [6.07, 6.45) is -2.52. The van der Waals surface area contributed by atoms with Crippen molar-refractivity contribution >= 4 is 11.7 Å². The van der Waals surface area contributed by atoms with E-state index in [2.05, 4.69) is 10.1 Å². The van der Waals surface area contributed by atoms with Crippen molar-refractivity contribution < 1.29 is 23.1 Å². The van der Waals surface area contributed by atoms with Gasteiger partial charge in [0.1, 0.15) is 5.56 Å². The number of aromatic nitrogens is 3. The maximum absolute atomic E-state index is 12.8. The van der Waals surface area contributed by atoms with Gasteiger partial charge >= 0.3 is 12.1 Å². The Kier molecular flexibility index (Phi) is 2.89. The Morgan fingerprint density at radius 2 is 2.11 bits per heavy atom. The van der Waals surface area contributed by atoms with Crippen LogP contribution in [0, 0.1) is 0 Å². The molecule has 2 heterocycles. The minimum atomic E-state index is -4.63. The predicted octanol–water partition coefficient (Wildman–Crippen LogP) is 1.57. The molecule has 2 rings (SSSR count). The molecule has 3 N–H and O–H groups in total. The fraction of sp³-hybridized carbons (Fsp3) is 0.100. The number of alkyl halides is 3. The molecule has 0 saturated heterocycles. The summed E-state index contributed by atoms with van der Waals surface area (Å²) in [5, 5.41) is 12.2. The van der Waals surface area contributed by atoms with Gasteiger partial charge in [0, 0.05) is 6.20 Å². The summed E-state index contributed by atoms with van der Waals surface area (Å²) < 4.78 is 39.0. The van der Waals surface area contributed by atoms with Gasteiger partial charge in [0.15, 0.2) is 11.5 Å². The number of rotatable bonds is 2.